The molecular formula is C29H25ClN2O. The van der Waals surface area contributed by atoms with Crippen LogP contribution in [0, 0.1) is 0 Å². The molecule has 0 spiro atoms. The summed E-state index contributed by atoms with van der Waals surface area (Å²) in [5.74, 6) is 0.143. The summed E-state index contributed by atoms with van der Waals surface area (Å²) in [6.07, 6.45) is 4.03. The van der Waals surface area contributed by atoms with Gasteiger partial charge in [-0.15, -0.1) is 0 Å². The lowest BCUT2D eigenvalue weighted by Crippen LogP contribution is -2.30. The van der Waals surface area contributed by atoms with Crippen molar-refractivity contribution < 1.29 is 4.79 Å². The van der Waals surface area contributed by atoms with Gasteiger partial charge in [0.05, 0.1) is 11.7 Å². The van der Waals surface area contributed by atoms with Crippen molar-refractivity contribution in [3.05, 3.63) is 101 Å². The second-order valence-electron chi connectivity index (χ2n) is 8.97. The maximum Gasteiger partial charge on any atom is 0.255 e. The molecule has 2 aliphatic rings. The molecule has 1 unspecified atom stereocenters. The topological polar surface area (TPSA) is 25.2 Å². The number of aryl methyl sites for hydroxylation is 1. The van der Waals surface area contributed by atoms with Gasteiger partial charge in [-0.25, -0.2) is 0 Å². The fraction of sp³-hybridized carbons (Fsp3) is 0.207. The molecule has 1 amide bonds. The predicted octanol–water partition coefficient (Wildman–Crippen LogP) is 7.46. The summed E-state index contributed by atoms with van der Waals surface area (Å²) < 4.78 is 2.28. The zero-order valence-corrected chi connectivity index (χ0v) is 19.3. The number of rotatable bonds is 3. The second-order valence-corrected chi connectivity index (χ2v) is 9.41. The minimum Gasteiger partial charge on any atom is -0.343 e. The van der Waals surface area contributed by atoms with Crippen molar-refractivity contribution in [3.63, 3.8) is 0 Å². The molecule has 6 rings (SSSR count). The van der Waals surface area contributed by atoms with Gasteiger partial charge in [0.1, 0.15) is 0 Å². The Morgan fingerprint density at radius 1 is 0.848 bits per heavy atom. The SMILES string of the molecule is Cn1c(-c2ccccc2)c(C2C3=C(CCCC3)C(=O)N2c2ccc(Cl)cc2)c2ccccc21. The highest BCUT2D eigenvalue weighted by Crippen LogP contribution is 2.51. The van der Waals surface area contributed by atoms with Crippen molar-refractivity contribution in [1.29, 1.82) is 0 Å². The van der Waals surface area contributed by atoms with Crippen molar-refractivity contribution in [2.75, 3.05) is 4.90 Å². The Morgan fingerprint density at radius 2 is 1.55 bits per heavy atom. The molecule has 0 radical (unpaired) electrons. The Labute approximate surface area is 198 Å². The van der Waals surface area contributed by atoms with Gasteiger partial charge in [0, 0.05) is 39.8 Å². The highest BCUT2D eigenvalue weighted by molar-refractivity contribution is 6.30. The van der Waals surface area contributed by atoms with Crippen LogP contribution >= 0.6 is 11.6 Å². The van der Waals surface area contributed by atoms with Gasteiger partial charge in [0.2, 0.25) is 0 Å². The Balaban J connectivity index is 1.67. The van der Waals surface area contributed by atoms with Crippen LogP contribution in [0.4, 0.5) is 5.69 Å². The van der Waals surface area contributed by atoms with E-state index in [0.717, 1.165) is 36.9 Å². The van der Waals surface area contributed by atoms with Crippen LogP contribution in [0.3, 0.4) is 0 Å². The van der Waals surface area contributed by atoms with Crippen molar-refractivity contribution in [3.8, 4) is 11.3 Å². The zero-order valence-electron chi connectivity index (χ0n) is 18.6. The number of fused-ring (bicyclic) bond motifs is 1. The molecule has 1 atom stereocenters. The van der Waals surface area contributed by atoms with Crippen LogP contribution in [-0.4, -0.2) is 10.5 Å². The molecule has 0 saturated carbocycles. The van der Waals surface area contributed by atoms with E-state index in [2.05, 4.69) is 60.1 Å². The summed E-state index contributed by atoms with van der Waals surface area (Å²) in [7, 11) is 2.13. The first-order valence-electron chi connectivity index (χ1n) is 11.6. The van der Waals surface area contributed by atoms with E-state index in [0.29, 0.717) is 5.02 Å². The first kappa shape index (κ1) is 20.3. The van der Waals surface area contributed by atoms with Crippen molar-refractivity contribution >= 4 is 34.1 Å². The normalized spacial score (nSPS) is 18.3. The number of nitrogens with zero attached hydrogens (tertiary/aromatic N) is 2. The quantitative estimate of drug-likeness (QED) is 0.316. The monoisotopic (exact) mass is 452 g/mol. The fourth-order valence-corrected chi connectivity index (χ4v) is 5.84. The van der Waals surface area contributed by atoms with Crippen LogP contribution in [0.25, 0.3) is 22.2 Å². The van der Waals surface area contributed by atoms with Gasteiger partial charge in [-0.1, -0.05) is 60.1 Å². The third kappa shape index (κ3) is 3.14. The Morgan fingerprint density at radius 3 is 2.33 bits per heavy atom. The van der Waals surface area contributed by atoms with Crippen LogP contribution in [0.2, 0.25) is 5.02 Å². The predicted molar refractivity (Wildman–Crippen MR) is 136 cm³/mol. The molecule has 2 heterocycles. The summed E-state index contributed by atoms with van der Waals surface area (Å²) in [6, 6.07) is 26.7. The number of hydrogen-bond donors (Lipinski definition) is 0. The number of aromatic nitrogens is 1. The highest BCUT2D eigenvalue weighted by atomic mass is 35.5. The van der Waals surface area contributed by atoms with Gasteiger partial charge in [-0.05, 0) is 67.2 Å². The van der Waals surface area contributed by atoms with Gasteiger partial charge >= 0.3 is 0 Å². The summed E-state index contributed by atoms with van der Waals surface area (Å²) in [6.45, 7) is 0. The molecule has 3 aromatic carbocycles. The van der Waals surface area contributed by atoms with Gasteiger partial charge in [0.25, 0.3) is 5.91 Å². The van der Waals surface area contributed by atoms with Crippen LogP contribution in [0.5, 0.6) is 0 Å². The molecule has 1 aromatic heterocycles. The number of anilines is 1. The third-order valence-electron chi connectivity index (χ3n) is 7.15. The molecule has 3 nitrogen and oxygen atoms in total. The van der Waals surface area contributed by atoms with Gasteiger partial charge in [0.15, 0.2) is 0 Å². The Hall–Kier alpha value is -3.30. The number of carbonyl (C=O) groups is 1. The van der Waals surface area contributed by atoms with E-state index < -0.39 is 0 Å². The molecule has 4 aromatic rings. The van der Waals surface area contributed by atoms with E-state index in [1.807, 2.05) is 35.2 Å². The van der Waals surface area contributed by atoms with E-state index in [1.54, 1.807) is 0 Å². The smallest absolute Gasteiger partial charge is 0.255 e. The standard InChI is InChI=1S/C29H25ClN2O/c1-31-25-14-8-7-13-24(25)26(27(31)19-9-3-2-4-10-19)28-22-11-5-6-12-23(22)29(33)32(28)21-17-15-20(30)16-18-21/h2-4,7-10,13-18,28H,5-6,11-12H2,1H3. The van der Waals surface area contributed by atoms with Crippen molar-refractivity contribution in [2.24, 2.45) is 7.05 Å². The zero-order chi connectivity index (χ0) is 22.5. The van der Waals surface area contributed by atoms with Gasteiger partial charge in [-0.2, -0.15) is 0 Å². The van der Waals surface area contributed by atoms with E-state index in [4.69, 9.17) is 11.6 Å². The Bertz CT molecular complexity index is 1400. The average molecular weight is 453 g/mol. The highest BCUT2D eigenvalue weighted by Gasteiger charge is 2.43. The number of benzene rings is 3. The van der Waals surface area contributed by atoms with Crippen LogP contribution in [0.15, 0.2) is 90.0 Å². The van der Waals surface area contributed by atoms with E-state index in [9.17, 15) is 4.79 Å². The number of amides is 1. The lowest BCUT2D eigenvalue weighted by Gasteiger charge is -2.29. The van der Waals surface area contributed by atoms with Crippen molar-refractivity contribution in [2.45, 2.75) is 31.7 Å². The molecule has 0 N–H and O–H groups in total. The summed E-state index contributed by atoms with van der Waals surface area (Å²) >= 11 is 6.20. The van der Waals surface area contributed by atoms with Crippen LogP contribution in [0.1, 0.15) is 37.3 Å². The molecule has 0 saturated heterocycles. The molecule has 4 heteroatoms. The van der Waals surface area contributed by atoms with Gasteiger partial charge < -0.3 is 4.57 Å². The molecule has 33 heavy (non-hydrogen) atoms. The number of hydrogen-bond acceptors (Lipinski definition) is 1. The molecule has 164 valence electrons. The van der Waals surface area contributed by atoms with Crippen molar-refractivity contribution in [1.82, 2.24) is 4.57 Å². The number of carbonyl (C=O) groups excluding carboxylic acids is 1. The number of para-hydroxylation sites is 1. The molecule has 1 aliphatic heterocycles. The molecular weight excluding hydrogens is 428 g/mol. The first-order valence-corrected chi connectivity index (χ1v) is 12.0. The van der Waals surface area contributed by atoms with Gasteiger partial charge in [-0.3, -0.25) is 9.69 Å². The molecule has 0 bridgehead atoms. The average Bonchev–Trinajstić information content (AvgIpc) is 3.31. The van der Waals surface area contributed by atoms with E-state index in [-0.39, 0.29) is 11.9 Å². The summed E-state index contributed by atoms with van der Waals surface area (Å²) in [4.78, 5) is 15.8. The lowest BCUT2D eigenvalue weighted by atomic mass is 9.86. The maximum absolute atomic E-state index is 13.8. The minimum absolute atomic E-state index is 0.115. The maximum atomic E-state index is 13.8. The number of halogens is 1. The third-order valence-corrected chi connectivity index (χ3v) is 7.40. The summed E-state index contributed by atoms with van der Waals surface area (Å²) in [5, 5.41) is 1.88. The van der Waals surface area contributed by atoms with E-state index >= 15 is 0 Å². The molecule has 1 aliphatic carbocycles. The van der Waals surface area contributed by atoms with E-state index in [1.165, 1.54) is 33.3 Å². The lowest BCUT2D eigenvalue weighted by molar-refractivity contribution is -0.115. The van der Waals surface area contributed by atoms with Crippen LogP contribution < -0.4 is 4.90 Å². The summed E-state index contributed by atoms with van der Waals surface area (Å²) in [5.41, 5.74) is 7.93. The van der Waals surface area contributed by atoms with Crippen LogP contribution in [-0.2, 0) is 11.8 Å². The second kappa shape index (κ2) is 7.93. The molecule has 0 fully saturated rings. The Kier molecular flexibility index (Phi) is 4.88. The first-order chi connectivity index (χ1) is 16.1. The largest absolute Gasteiger partial charge is 0.343 e. The fourth-order valence-electron chi connectivity index (χ4n) is 5.71. The minimum atomic E-state index is -0.115.